The number of hydrogen-bond acceptors (Lipinski definition) is 5. The van der Waals surface area contributed by atoms with Crippen molar-refractivity contribution in [1.82, 2.24) is 15.0 Å². The first kappa shape index (κ1) is 18.3. The number of nitrogens with zero attached hydrogens (tertiary/aromatic N) is 3. The van der Waals surface area contributed by atoms with Crippen molar-refractivity contribution in [2.45, 2.75) is 13.2 Å². The van der Waals surface area contributed by atoms with E-state index in [0.717, 1.165) is 25.2 Å². The van der Waals surface area contributed by atoms with Crippen LogP contribution in [0.2, 0.25) is 0 Å². The van der Waals surface area contributed by atoms with Crippen molar-refractivity contribution < 1.29 is 14.1 Å². The van der Waals surface area contributed by atoms with Crippen molar-refractivity contribution in [2.75, 3.05) is 26.2 Å². The molecule has 0 bridgehead atoms. The quantitative estimate of drug-likeness (QED) is 0.660. The smallest absolute Gasteiger partial charge is 0.292 e. The molecule has 6 heteroatoms. The van der Waals surface area contributed by atoms with Crippen LogP contribution in [0.25, 0.3) is 0 Å². The number of rotatable bonds is 6. The Hall–Kier alpha value is -3.12. The number of aromatic nitrogens is 1. The maximum atomic E-state index is 12.7. The Morgan fingerprint density at radius 1 is 0.929 bits per heavy atom. The van der Waals surface area contributed by atoms with Crippen molar-refractivity contribution in [1.29, 1.82) is 0 Å². The lowest BCUT2D eigenvalue weighted by Crippen LogP contribution is -2.48. The highest BCUT2D eigenvalue weighted by Gasteiger charge is 2.25. The van der Waals surface area contributed by atoms with Crippen LogP contribution in [-0.2, 0) is 13.2 Å². The lowest BCUT2D eigenvalue weighted by molar-refractivity contribution is 0.0588. The molecule has 144 valence electrons. The summed E-state index contributed by atoms with van der Waals surface area (Å²) in [6.07, 6.45) is 0. The normalized spacial score (nSPS) is 14.8. The first-order valence-electron chi connectivity index (χ1n) is 9.47. The van der Waals surface area contributed by atoms with E-state index in [0.29, 0.717) is 25.6 Å². The summed E-state index contributed by atoms with van der Waals surface area (Å²) in [7, 11) is 0. The number of amides is 1. The van der Waals surface area contributed by atoms with Crippen LogP contribution in [0.5, 0.6) is 5.88 Å². The number of carbonyl (C=O) groups excluding carboxylic acids is 1. The van der Waals surface area contributed by atoms with Gasteiger partial charge in [-0.1, -0.05) is 60.7 Å². The molecule has 6 nitrogen and oxygen atoms in total. The molecule has 2 aromatic carbocycles. The topological polar surface area (TPSA) is 58.8 Å². The van der Waals surface area contributed by atoms with Crippen LogP contribution in [0.3, 0.4) is 0 Å². The Bertz CT molecular complexity index is 888. The summed E-state index contributed by atoms with van der Waals surface area (Å²) < 4.78 is 10.8. The molecule has 1 aliphatic heterocycles. The van der Waals surface area contributed by atoms with E-state index in [2.05, 4.69) is 34.3 Å². The molecule has 1 saturated heterocycles. The Morgan fingerprint density at radius 2 is 1.57 bits per heavy atom. The van der Waals surface area contributed by atoms with Gasteiger partial charge in [-0.25, -0.2) is 0 Å². The molecule has 4 rings (SSSR count). The molecule has 0 atom stereocenters. The highest BCUT2D eigenvalue weighted by molar-refractivity contribution is 5.91. The monoisotopic (exact) mass is 377 g/mol. The maximum absolute atomic E-state index is 12.7. The second kappa shape index (κ2) is 8.71. The van der Waals surface area contributed by atoms with E-state index in [1.165, 1.54) is 5.56 Å². The van der Waals surface area contributed by atoms with Crippen LogP contribution in [0.1, 0.15) is 21.7 Å². The summed E-state index contributed by atoms with van der Waals surface area (Å²) in [6.45, 7) is 4.32. The van der Waals surface area contributed by atoms with E-state index in [-0.39, 0.29) is 11.7 Å². The van der Waals surface area contributed by atoms with E-state index in [4.69, 9.17) is 9.26 Å². The van der Waals surface area contributed by atoms with Gasteiger partial charge in [-0.05, 0) is 16.3 Å². The molecular formula is C22H23N3O3. The zero-order valence-corrected chi connectivity index (χ0v) is 15.7. The van der Waals surface area contributed by atoms with Crippen molar-refractivity contribution in [3.8, 4) is 5.88 Å². The Labute approximate surface area is 164 Å². The first-order chi connectivity index (χ1) is 13.8. The molecule has 1 amide bonds. The molecule has 0 unspecified atom stereocenters. The summed E-state index contributed by atoms with van der Waals surface area (Å²) in [5, 5.41) is 3.86. The summed E-state index contributed by atoms with van der Waals surface area (Å²) >= 11 is 0. The largest absolute Gasteiger partial charge is 0.471 e. The van der Waals surface area contributed by atoms with Crippen molar-refractivity contribution in [3.05, 3.63) is 83.6 Å². The molecule has 0 spiro atoms. The lowest BCUT2D eigenvalue weighted by atomic mass is 10.2. The average molecular weight is 377 g/mol. The van der Waals surface area contributed by atoms with Gasteiger partial charge in [-0.2, -0.15) is 0 Å². The van der Waals surface area contributed by atoms with Gasteiger partial charge in [0, 0.05) is 32.7 Å². The minimum absolute atomic E-state index is 0.138. The highest BCUT2D eigenvalue weighted by atomic mass is 16.5. The molecule has 1 aliphatic rings. The van der Waals surface area contributed by atoms with Crippen LogP contribution < -0.4 is 4.74 Å². The number of ether oxygens (including phenoxy) is 1. The molecule has 1 aromatic heterocycles. The Balaban J connectivity index is 1.28. The Kier molecular flexibility index (Phi) is 5.68. The third kappa shape index (κ3) is 4.58. The third-order valence-electron chi connectivity index (χ3n) is 4.84. The number of benzene rings is 2. The summed E-state index contributed by atoms with van der Waals surface area (Å²) in [5.74, 6) is 0.413. The number of piperazine rings is 1. The number of carbonyl (C=O) groups is 1. The summed E-state index contributed by atoms with van der Waals surface area (Å²) in [5.41, 5.74) is 2.32. The van der Waals surface area contributed by atoms with Crippen LogP contribution >= 0.6 is 0 Å². The van der Waals surface area contributed by atoms with Crippen molar-refractivity contribution >= 4 is 5.91 Å². The molecule has 1 fully saturated rings. The van der Waals surface area contributed by atoms with E-state index in [1.54, 1.807) is 6.07 Å². The first-order valence-corrected chi connectivity index (χ1v) is 9.47. The van der Waals surface area contributed by atoms with Gasteiger partial charge in [0.1, 0.15) is 6.61 Å². The maximum Gasteiger partial charge on any atom is 0.292 e. The molecule has 0 saturated carbocycles. The van der Waals surface area contributed by atoms with Gasteiger partial charge < -0.3 is 14.2 Å². The van der Waals surface area contributed by atoms with Crippen molar-refractivity contribution in [3.63, 3.8) is 0 Å². The minimum Gasteiger partial charge on any atom is -0.471 e. The van der Waals surface area contributed by atoms with Gasteiger partial charge in [0.15, 0.2) is 0 Å². The minimum atomic E-state index is -0.138. The standard InChI is InChI=1S/C22H23N3O3/c26-22(20-15-21(23-28-20)27-17-19-9-5-2-6-10-19)25-13-11-24(12-14-25)16-18-7-3-1-4-8-18/h1-10,15H,11-14,16-17H2. The van der Waals surface area contributed by atoms with E-state index >= 15 is 0 Å². The average Bonchev–Trinajstić information content (AvgIpc) is 3.23. The fraction of sp³-hybridized carbons (Fsp3) is 0.273. The predicted octanol–water partition coefficient (Wildman–Crippen LogP) is 3.21. The van der Waals surface area contributed by atoms with Crippen LogP contribution in [0.15, 0.2) is 71.3 Å². The zero-order chi connectivity index (χ0) is 19.2. The second-order valence-corrected chi connectivity index (χ2v) is 6.86. The fourth-order valence-corrected chi connectivity index (χ4v) is 3.27. The molecule has 2 heterocycles. The summed E-state index contributed by atoms with van der Waals surface area (Å²) in [4.78, 5) is 16.8. The van der Waals surface area contributed by atoms with Gasteiger partial charge in [-0.15, -0.1) is 0 Å². The number of hydrogen-bond donors (Lipinski definition) is 0. The van der Waals surface area contributed by atoms with Gasteiger partial charge in [-0.3, -0.25) is 9.69 Å². The van der Waals surface area contributed by atoms with Crippen LogP contribution in [0, 0.1) is 0 Å². The predicted molar refractivity (Wildman–Crippen MR) is 105 cm³/mol. The highest BCUT2D eigenvalue weighted by Crippen LogP contribution is 2.17. The van der Waals surface area contributed by atoms with Crippen LogP contribution in [0.4, 0.5) is 0 Å². The van der Waals surface area contributed by atoms with Gasteiger partial charge in [0.2, 0.25) is 5.76 Å². The fourth-order valence-electron chi connectivity index (χ4n) is 3.27. The molecule has 0 radical (unpaired) electrons. The molecule has 28 heavy (non-hydrogen) atoms. The Morgan fingerprint density at radius 3 is 2.25 bits per heavy atom. The van der Waals surface area contributed by atoms with Crippen LogP contribution in [-0.4, -0.2) is 47.0 Å². The molecule has 0 aliphatic carbocycles. The second-order valence-electron chi connectivity index (χ2n) is 6.86. The van der Waals surface area contributed by atoms with E-state index < -0.39 is 0 Å². The van der Waals surface area contributed by atoms with E-state index in [1.807, 2.05) is 41.3 Å². The lowest BCUT2D eigenvalue weighted by Gasteiger charge is -2.34. The molecule has 0 N–H and O–H groups in total. The van der Waals surface area contributed by atoms with Gasteiger partial charge in [0.25, 0.3) is 11.8 Å². The summed E-state index contributed by atoms with van der Waals surface area (Å²) in [6, 6.07) is 21.8. The third-order valence-corrected chi connectivity index (χ3v) is 4.84. The van der Waals surface area contributed by atoms with Gasteiger partial charge in [0.05, 0.1) is 6.07 Å². The molecule has 3 aromatic rings. The zero-order valence-electron chi connectivity index (χ0n) is 15.7. The van der Waals surface area contributed by atoms with E-state index in [9.17, 15) is 4.79 Å². The molecular weight excluding hydrogens is 354 g/mol. The van der Waals surface area contributed by atoms with Crippen molar-refractivity contribution in [2.24, 2.45) is 0 Å². The SMILES string of the molecule is O=C(c1cc(OCc2ccccc2)no1)N1CCN(Cc2ccccc2)CC1. The van der Waals surface area contributed by atoms with Gasteiger partial charge >= 0.3 is 0 Å².